The summed E-state index contributed by atoms with van der Waals surface area (Å²) in [6, 6.07) is 3.13. The van der Waals surface area contributed by atoms with E-state index in [2.05, 4.69) is 16.8 Å². The summed E-state index contributed by atoms with van der Waals surface area (Å²) < 4.78 is 0. The molecule has 2 rings (SSSR count). The van der Waals surface area contributed by atoms with Gasteiger partial charge in [0.25, 0.3) is 0 Å². The molecule has 1 heterocycles. The molecule has 0 bridgehead atoms. The predicted molar refractivity (Wildman–Crippen MR) is 95.4 cm³/mol. The van der Waals surface area contributed by atoms with E-state index in [1.54, 1.807) is 6.07 Å². The highest BCUT2D eigenvalue weighted by molar-refractivity contribution is 6.42. The van der Waals surface area contributed by atoms with Crippen molar-refractivity contribution in [1.82, 2.24) is 10.2 Å². The molecule has 5 nitrogen and oxygen atoms in total. The van der Waals surface area contributed by atoms with E-state index >= 15 is 0 Å². The van der Waals surface area contributed by atoms with E-state index in [0.29, 0.717) is 23.1 Å². The molecule has 3 N–H and O–H groups in total. The van der Waals surface area contributed by atoms with Crippen molar-refractivity contribution in [3.8, 4) is 5.75 Å². The smallest absolute Gasteiger partial charge is 0.243 e. The fourth-order valence-corrected chi connectivity index (χ4v) is 3.21. The van der Waals surface area contributed by atoms with Crippen molar-refractivity contribution in [3.05, 3.63) is 40.4 Å². The highest BCUT2D eigenvalue weighted by Gasteiger charge is 2.34. The summed E-state index contributed by atoms with van der Waals surface area (Å²) in [4.78, 5) is 13.5. The minimum absolute atomic E-state index is 0.0241. The number of carbonyl (C=O) groups is 1. The topological polar surface area (TPSA) is 72.8 Å². The van der Waals surface area contributed by atoms with Gasteiger partial charge in [0.05, 0.1) is 16.7 Å². The summed E-state index contributed by atoms with van der Waals surface area (Å²) in [5.74, 6) is -0.104. The molecular weight excluding hydrogens is 351 g/mol. The molecule has 1 fully saturated rings. The van der Waals surface area contributed by atoms with E-state index in [0.717, 1.165) is 31.5 Å². The van der Waals surface area contributed by atoms with Crippen molar-refractivity contribution in [1.29, 1.82) is 0 Å². The number of aliphatic hydroxyl groups is 1. The maximum atomic E-state index is 11.3. The first-order chi connectivity index (χ1) is 11.4. The average molecular weight is 373 g/mol. The van der Waals surface area contributed by atoms with Crippen LogP contribution in [0.2, 0.25) is 10.0 Å². The largest absolute Gasteiger partial charge is 0.508 e. The van der Waals surface area contributed by atoms with Crippen LogP contribution in [0.1, 0.15) is 18.4 Å². The number of phenols is 1. The second kappa shape index (κ2) is 8.21. The molecule has 0 atom stereocenters. The van der Waals surface area contributed by atoms with Crippen LogP contribution in [-0.4, -0.2) is 47.3 Å². The first-order valence-electron chi connectivity index (χ1n) is 7.79. The molecule has 0 radical (unpaired) electrons. The standard InChI is InChI=1S/C17H22Cl2N2O3/c1-2-16(24)20-10-17(11-22)3-5-21(6-4-17)9-12-7-13(18)14(19)8-15(12)23/h2,7-8,22-23H,1,3-6,9-11H2,(H,20,24). The summed E-state index contributed by atoms with van der Waals surface area (Å²) in [5, 5.41) is 23.3. The van der Waals surface area contributed by atoms with Crippen LogP contribution in [0.5, 0.6) is 5.75 Å². The normalized spacial score (nSPS) is 17.5. The first kappa shape index (κ1) is 19.1. The number of piperidine rings is 1. The molecule has 0 unspecified atom stereocenters. The fraction of sp³-hybridized carbons (Fsp3) is 0.471. The lowest BCUT2D eigenvalue weighted by atomic mass is 9.79. The summed E-state index contributed by atoms with van der Waals surface area (Å²) in [6.45, 7) is 5.95. The van der Waals surface area contributed by atoms with Gasteiger partial charge in [0, 0.05) is 30.1 Å². The fourth-order valence-electron chi connectivity index (χ4n) is 2.87. The number of hydrogen-bond donors (Lipinski definition) is 3. The lowest BCUT2D eigenvalue weighted by Gasteiger charge is -2.40. The number of likely N-dealkylation sites (tertiary alicyclic amines) is 1. The van der Waals surface area contributed by atoms with Gasteiger partial charge in [0.1, 0.15) is 5.75 Å². The van der Waals surface area contributed by atoms with Crippen molar-refractivity contribution >= 4 is 29.1 Å². The Balaban J connectivity index is 1.95. The maximum Gasteiger partial charge on any atom is 0.243 e. The SMILES string of the molecule is C=CC(=O)NCC1(CO)CCN(Cc2cc(Cl)c(Cl)cc2O)CC1. The van der Waals surface area contributed by atoms with Crippen LogP contribution in [-0.2, 0) is 11.3 Å². The molecule has 1 amide bonds. The Morgan fingerprint density at radius 2 is 1.96 bits per heavy atom. The van der Waals surface area contributed by atoms with E-state index in [1.165, 1.54) is 12.1 Å². The minimum Gasteiger partial charge on any atom is -0.508 e. The van der Waals surface area contributed by atoms with Crippen LogP contribution in [0, 0.1) is 5.41 Å². The molecule has 7 heteroatoms. The zero-order chi connectivity index (χ0) is 17.7. The number of nitrogens with zero attached hydrogens (tertiary/aromatic N) is 1. The van der Waals surface area contributed by atoms with Crippen molar-refractivity contribution in [2.45, 2.75) is 19.4 Å². The third-order valence-electron chi connectivity index (χ3n) is 4.59. The van der Waals surface area contributed by atoms with Gasteiger partial charge in [-0.15, -0.1) is 0 Å². The van der Waals surface area contributed by atoms with E-state index in [4.69, 9.17) is 23.2 Å². The Hall–Kier alpha value is -1.27. The Morgan fingerprint density at radius 3 is 2.54 bits per heavy atom. The quantitative estimate of drug-likeness (QED) is 0.671. The second-order valence-corrected chi connectivity index (χ2v) is 7.07. The number of carbonyl (C=O) groups excluding carboxylic acids is 1. The van der Waals surface area contributed by atoms with E-state index in [9.17, 15) is 15.0 Å². The van der Waals surface area contributed by atoms with Crippen LogP contribution >= 0.6 is 23.2 Å². The highest BCUT2D eigenvalue weighted by Crippen LogP contribution is 2.34. The monoisotopic (exact) mass is 372 g/mol. The average Bonchev–Trinajstić information content (AvgIpc) is 2.59. The van der Waals surface area contributed by atoms with E-state index in [-0.39, 0.29) is 23.7 Å². The molecule has 1 aliphatic rings. The van der Waals surface area contributed by atoms with Crippen molar-refractivity contribution in [3.63, 3.8) is 0 Å². The molecule has 1 aliphatic heterocycles. The van der Waals surface area contributed by atoms with Crippen molar-refractivity contribution in [2.75, 3.05) is 26.2 Å². The van der Waals surface area contributed by atoms with E-state index in [1.807, 2.05) is 0 Å². The summed E-state index contributed by atoms with van der Waals surface area (Å²) >= 11 is 11.9. The molecule has 0 saturated carbocycles. The molecule has 132 valence electrons. The summed E-state index contributed by atoms with van der Waals surface area (Å²) in [5.41, 5.74) is 0.412. The molecule has 1 aromatic rings. The first-order valence-corrected chi connectivity index (χ1v) is 8.55. The molecule has 1 saturated heterocycles. The van der Waals surface area contributed by atoms with Crippen LogP contribution in [0.15, 0.2) is 24.8 Å². The van der Waals surface area contributed by atoms with Gasteiger partial charge in [0.2, 0.25) is 5.91 Å². The molecule has 24 heavy (non-hydrogen) atoms. The number of nitrogens with one attached hydrogen (secondary N) is 1. The van der Waals surface area contributed by atoms with E-state index < -0.39 is 0 Å². The lowest BCUT2D eigenvalue weighted by Crippen LogP contribution is -2.47. The molecule has 0 aromatic heterocycles. The molecule has 0 aliphatic carbocycles. The number of hydrogen-bond acceptors (Lipinski definition) is 4. The summed E-state index contributed by atoms with van der Waals surface area (Å²) in [7, 11) is 0. The number of benzene rings is 1. The van der Waals surface area contributed by atoms with Gasteiger partial charge in [-0.25, -0.2) is 0 Å². The van der Waals surface area contributed by atoms with Gasteiger partial charge in [-0.2, -0.15) is 0 Å². The van der Waals surface area contributed by atoms with Gasteiger partial charge in [-0.3, -0.25) is 9.69 Å². The van der Waals surface area contributed by atoms with Gasteiger partial charge in [0.15, 0.2) is 0 Å². The molecular formula is C17H22Cl2N2O3. The minimum atomic E-state index is -0.311. The number of aromatic hydroxyl groups is 1. The number of aliphatic hydroxyl groups excluding tert-OH is 1. The third kappa shape index (κ3) is 4.63. The number of phenolic OH excluding ortho intramolecular Hbond substituents is 1. The number of amides is 1. The second-order valence-electron chi connectivity index (χ2n) is 6.25. The third-order valence-corrected chi connectivity index (χ3v) is 5.31. The Labute approximate surface area is 151 Å². The Bertz CT molecular complexity index is 614. The Morgan fingerprint density at radius 1 is 1.33 bits per heavy atom. The zero-order valence-corrected chi connectivity index (χ0v) is 14.9. The van der Waals surface area contributed by atoms with Gasteiger partial charge >= 0.3 is 0 Å². The molecule has 1 aromatic carbocycles. The zero-order valence-electron chi connectivity index (χ0n) is 13.4. The highest BCUT2D eigenvalue weighted by atomic mass is 35.5. The van der Waals surface area contributed by atoms with Crippen LogP contribution in [0.4, 0.5) is 0 Å². The van der Waals surface area contributed by atoms with Gasteiger partial charge in [-0.1, -0.05) is 29.8 Å². The summed E-state index contributed by atoms with van der Waals surface area (Å²) in [6.07, 6.45) is 2.74. The Kier molecular flexibility index (Phi) is 6.52. The van der Waals surface area contributed by atoms with Crippen molar-refractivity contribution < 1.29 is 15.0 Å². The lowest BCUT2D eigenvalue weighted by molar-refractivity contribution is -0.117. The van der Waals surface area contributed by atoms with Gasteiger partial charge < -0.3 is 15.5 Å². The van der Waals surface area contributed by atoms with Crippen LogP contribution in [0.3, 0.4) is 0 Å². The van der Waals surface area contributed by atoms with Crippen molar-refractivity contribution in [2.24, 2.45) is 5.41 Å². The maximum absolute atomic E-state index is 11.3. The predicted octanol–water partition coefficient (Wildman–Crippen LogP) is 2.58. The van der Waals surface area contributed by atoms with Crippen LogP contribution < -0.4 is 5.32 Å². The number of halogens is 2. The van der Waals surface area contributed by atoms with Gasteiger partial charge in [-0.05, 0) is 38.1 Å². The molecule has 0 spiro atoms. The van der Waals surface area contributed by atoms with Crippen LogP contribution in [0.25, 0.3) is 0 Å². The number of rotatable bonds is 6.